The lowest BCUT2D eigenvalue weighted by atomic mass is 10.5. The Bertz CT molecular complexity index is 195. The van der Waals surface area contributed by atoms with E-state index in [0.29, 0.717) is 5.76 Å². The summed E-state index contributed by atoms with van der Waals surface area (Å²) in [6, 6.07) is 3.35. The Balaban J connectivity index is 2.77. The van der Waals surface area contributed by atoms with Crippen molar-refractivity contribution in [3.8, 4) is 0 Å². The van der Waals surface area contributed by atoms with E-state index in [2.05, 4.69) is 12.2 Å². The molecular formula is C5H5NO2S. The first-order chi connectivity index (χ1) is 4.34. The minimum Gasteiger partial charge on any atom is -0.462 e. The van der Waals surface area contributed by atoms with Crippen molar-refractivity contribution in [2.75, 3.05) is 0 Å². The van der Waals surface area contributed by atoms with E-state index in [1.54, 1.807) is 17.6 Å². The maximum Gasteiger partial charge on any atom is 0.166 e. The second kappa shape index (κ2) is 2.61. The third kappa shape index (κ3) is 1.28. The molecule has 3 nitrogen and oxygen atoms in total. The fraction of sp³-hybridized carbons (Fsp3) is 0. The number of hydrogen-bond donors (Lipinski definition) is 2. The first-order valence-corrected chi connectivity index (χ1v) is 2.73. The molecule has 0 bridgehead atoms. The fourth-order valence-corrected chi connectivity index (χ4v) is 0.579. The highest BCUT2D eigenvalue weighted by atomic mass is 32.1. The van der Waals surface area contributed by atoms with Crippen molar-refractivity contribution in [1.82, 2.24) is 5.48 Å². The molecule has 1 aromatic heterocycles. The molecule has 0 aliphatic rings. The van der Waals surface area contributed by atoms with Crippen LogP contribution in [0.2, 0.25) is 0 Å². The molecule has 4 heteroatoms. The number of rotatable bonds is 1. The van der Waals surface area contributed by atoms with Gasteiger partial charge in [0.15, 0.2) is 10.7 Å². The SMILES string of the molecule is ONC(=S)c1ccco1. The average molecular weight is 143 g/mol. The van der Waals surface area contributed by atoms with E-state index in [9.17, 15) is 0 Å². The Morgan fingerprint density at radius 1 is 1.78 bits per heavy atom. The summed E-state index contributed by atoms with van der Waals surface area (Å²) < 4.78 is 4.82. The van der Waals surface area contributed by atoms with Gasteiger partial charge in [0, 0.05) is 0 Å². The number of thiocarbonyl (C=S) groups is 1. The molecule has 0 unspecified atom stereocenters. The predicted octanol–water partition coefficient (Wildman–Crippen LogP) is 0.934. The number of furan rings is 1. The normalized spacial score (nSPS) is 9.00. The number of hydroxylamine groups is 1. The molecule has 1 heterocycles. The van der Waals surface area contributed by atoms with Crippen LogP contribution in [-0.4, -0.2) is 10.2 Å². The lowest BCUT2D eigenvalue weighted by molar-refractivity contribution is 0.236. The van der Waals surface area contributed by atoms with Crippen LogP contribution in [0.1, 0.15) is 5.76 Å². The summed E-state index contributed by atoms with van der Waals surface area (Å²) in [6.45, 7) is 0. The molecule has 0 spiro atoms. The molecule has 48 valence electrons. The third-order valence-corrected chi connectivity index (χ3v) is 1.14. The molecule has 0 atom stereocenters. The first kappa shape index (κ1) is 6.25. The minimum atomic E-state index is 0.194. The summed E-state index contributed by atoms with van der Waals surface area (Å²) in [7, 11) is 0. The van der Waals surface area contributed by atoms with E-state index < -0.39 is 0 Å². The Kier molecular flexibility index (Phi) is 1.81. The van der Waals surface area contributed by atoms with Crippen LogP contribution < -0.4 is 5.48 Å². The predicted molar refractivity (Wildman–Crippen MR) is 35.3 cm³/mol. The van der Waals surface area contributed by atoms with Gasteiger partial charge >= 0.3 is 0 Å². The van der Waals surface area contributed by atoms with Crippen molar-refractivity contribution < 1.29 is 9.62 Å². The molecule has 9 heavy (non-hydrogen) atoms. The zero-order valence-electron chi connectivity index (χ0n) is 4.50. The largest absolute Gasteiger partial charge is 0.462 e. The standard InChI is InChI=1S/C5H5NO2S/c7-6-5(9)4-2-1-3-8-4/h1-3,7H,(H,6,9). The molecule has 0 aromatic carbocycles. The van der Waals surface area contributed by atoms with Gasteiger partial charge in [-0.15, -0.1) is 0 Å². The molecule has 1 rings (SSSR count). The molecule has 2 N–H and O–H groups in total. The smallest absolute Gasteiger partial charge is 0.166 e. The van der Waals surface area contributed by atoms with Crippen LogP contribution in [0.5, 0.6) is 0 Å². The van der Waals surface area contributed by atoms with Crippen LogP contribution >= 0.6 is 12.2 Å². The Morgan fingerprint density at radius 3 is 3.00 bits per heavy atom. The molecule has 1 aromatic rings. The van der Waals surface area contributed by atoms with E-state index >= 15 is 0 Å². The van der Waals surface area contributed by atoms with Gasteiger partial charge in [0.1, 0.15) is 0 Å². The van der Waals surface area contributed by atoms with Gasteiger partial charge in [0.05, 0.1) is 6.26 Å². The lowest BCUT2D eigenvalue weighted by Gasteiger charge is -1.92. The topological polar surface area (TPSA) is 45.4 Å². The van der Waals surface area contributed by atoms with Gasteiger partial charge in [-0.1, -0.05) is 12.2 Å². The van der Waals surface area contributed by atoms with Crippen LogP contribution in [0.15, 0.2) is 22.8 Å². The van der Waals surface area contributed by atoms with Crippen molar-refractivity contribution in [3.05, 3.63) is 24.2 Å². The Labute approximate surface area is 57.2 Å². The van der Waals surface area contributed by atoms with Crippen LogP contribution in [0.3, 0.4) is 0 Å². The van der Waals surface area contributed by atoms with Gasteiger partial charge in [-0.3, -0.25) is 10.7 Å². The van der Waals surface area contributed by atoms with Gasteiger partial charge in [0.25, 0.3) is 0 Å². The number of nitrogens with one attached hydrogen (secondary N) is 1. The Hall–Kier alpha value is -0.870. The molecule has 0 aliphatic heterocycles. The molecular weight excluding hydrogens is 138 g/mol. The van der Waals surface area contributed by atoms with Crippen molar-refractivity contribution >= 4 is 17.2 Å². The summed E-state index contributed by atoms with van der Waals surface area (Å²) in [4.78, 5) is 0.194. The summed E-state index contributed by atoms with van der Waals surface area (Å²) in [5, 5.41) is 8.26. The minimum absolute atomic E-state index is 0.194. The summed E-state index contributed by atoms with van der Waals surface area (Å²) in [5.74, 6) is 0.465. The zero-order valence-corrected chi connectivity index (χ0v) is 5.31. The van der Waals surface area contributed by atoms with Gasteiger partial charge in [-0.2, -0.15) is 0 Å². The third-order valence-electron chi connectivity index (χ3n) is 0.847. The molecule has 0 fully saturated rings. The monoisotopic (exact) mass is 143 g/mol. The summed E-state index contributed by atoms with van der Waals surface area (Å²) in [6.07, 6.45) is 1.49. The van der Waals surface area contributed by atoms with Crippen molar-refractivity contribution in [2.45, 2.75) is 0 Å². The van der Waals surface area contributed by atoms with E-state index in [-0.39, 0.29) is 4.99 Å². The Morgan fingerprint density at radius 2 is 2.56 bits per heavy atom. The summed E-state index contributed by atoms with van der Waals surface area (Å²) >= 11 is 4.62. The lowest BCUT2D eigenvalue weighted by Crippen LogP contribution is -2.16. The van der Waals surface area contributed by atoms with Crippen LogP contribution in [0, 0.1) is 0 Å². The number of hydrogen-bond acceptors (Lipinski definition) is 3. The van der Waals surface area contributed by atoms with Crippen molar-refractivity contribution in [3.63, 3.8) is 0 Å². The van der Waals surface area contributed by atoms with E-state index in [0.717, 1.165) is 0 Å². The highest BCUT2D eigenvalue weighted by molar-refractivity contribution is 7.80. The molecule has 0 amide bonds. The van der Waals surface area contributed by atoms with Gasteiger partial charge in [0.2, 0.25) is 0 Å². The van der Waals surface area contributed by atoms with E-state index in [4.69, 9.17) is 9.62 Å². The van der Waals surface area contributed by atoms with Crippen LogP contribution in [0.4, 0.5) is 0 Å². The highest BCUT2D eigenvalue weighted by Crippen LogP contribution is 1.98. The highest BCUT2D eigenvalue weighted by Gasteiger charge is 1.98. The second-order valence-corrected chi connectivity index (χ2v) is 1.83. The first-order valence-electron chi connectivity index (χ1n) is 2.32. The molecule has 0 aliphatic carbocycles. The van der Waals surface area contributed by atoms with Gasteiger partial charge < -0.3 is 4.42 Å². The van der Waals surface area contributed by atoms with Gasteiger partial charge in [-0.05, 0) is 12.1 Å². The van der Waals surface area contributed by atoms with Crippen molar-refractivity contribution in [1.29, 1.82) is 0 Å². The van der Waals surface area contributed by atoms with Crippen LogP contribution in [0.25, 0.3) is 0 Å². The quantitative estimate of drug-likeness (QED) is 0.453. The van der Waals surface area contributed by atoms with Crippen molar-refractivity contribution in [2.24, 2.45) is 0 Å². The molecule has 0 radical (unpaired) electrons. The summed E-state index contributed by atoms with van der Waals surface area (Å²) in [5.41, 5.74) is 1.81. The average Bonchev–Trinajstić information content (AvgIpc) is 2.37. The van der Waals surface area contributed by atoms with E-state index in [1.165, 1.54) is 6.26 Å². The van der Waals surface area contributed by atoms with Gasteiger partial charge in [-0.25, -0.2) is 0 Å². The maximum atomic E-state index is 8.26. The van der Waals surface area contributed by atoms with Crippen LogP contribution in [-0.2, 0) is 0 Å². The molecule has 0 saturated heterocycles. The van der Waals surface area contributed by atoms with E-state index in [1.807, 2.05) is 0 Å². The molecule has 0 saturated carbocycles. The fourth-order valence-electron chi connectivity index (χ4n) is 0.463. The zero-order chi connectivity index (χ0) is 6.69. The maximum absolute atomic E-state index is 8.26. The second-order valence-electron chi connectivity index (χ2n) is 1.42.